The molecule has 2 atom stereocenters. The maximum absolute atomic E-state index is 3.96. The summed E-state index contributed by atoms with van der Waals surface area (Å²) in [5, 5.41) is 0. The van der Waals surface area contributed by atoms with E-state index in [-0.39, 0.29) is 47.0 Å². The van der Waals surface area contributed by atoms with Crippen LogP contribution in [0, 0.1) is 18.8 Å². The molecule has 0 aromatic rings. The van der Waals surface area contributed by atoms with Gasteiger partial charge < -0.3 is 30.9 Å². The van der Waals surface area contributed by atoms with E-state index in [2.05, 4.69) is 27.7 Å². The molecular formula is C20H41IMg. The van der Waals surface area contributed by atoms with Gasteiger partial charge in [0.15, 0.2) is 0 Å². The standard InChI is InChI=1S/C20H41.HI.Mg/c1-5-7-8-9-10-11-12-13-14-15-17-20(4)18-19(3)16-6-2;;/h19-20H,2,5-18H2,1,3-4H3;1H;/q-1;;+2/p-1. The minimum absolute atomic E-state index is 0. The van der Waals surface area contributed by atoms with Crippen molar-refractivity contribution in [1.82, 2.24) is 0 Å². The van der Waals surface area contributed by atoms with Crippen LogP contribution in [0.1, 0.15) is 111 Å². The molecule has 0 saturated heterocycles. The van der Waals surface area contributed by atoms with Crippen molar-refractivity contribution in [3.8, 4) is 0 Å². The van der Waals surface area contributed by atoms with Crippen molar-refractivity contribution in [2.24, 2.45) is 11.8 Å². The molecule has 0 aliphatic heterocycles. The largest absolute Gasteiger partial charge is 2.00 e. The van der Waals surface area contributed by atoms with Crippen LogP contribution in [0.3, 0.4) is 0 Å². The fraction of sp³-hybridized carbons (Fsp3) is 0.950. The van der Waals surface area contributed by atoms with Gasteiger partial charge in [-0.2, -0.15) is 6.42 Å². The van der Waals surface area contributed by atoms with E-state index >= 15 is 0 Å². The molecule has 130 valence electrons. The van der Waals surface area contributed by atoms with Gasteiger partial charge in [0.25, 0.3) is 0 Å². The molecule has 0 fully saturated rings. The van der Waals surface area contributed by atoms with Gasteiger partial charge in [0.2, 0.25) is 0 Å². The van der Waals surface area contributed by atoms with Crippen LogP contribution in [0.4, 0.5) is 0 Å². The van der Waals surface area contributed by atoms with Crippen molar-refractivity contribution in [2.45, 2.75) is 111 Å². The molecular weight excluding hydrogens is 391 g/mol. The molecule has 0 N–H and O–H groups in total. The first-order valence-electron chi connectivity index (χ1n) is 9.49. The topological polar surface area (TPSA) is 0 Å². The van der Waals surface area contributed by atoms with Crippen LogP contribution in [0.25, 0.3) is 0 Å². The van der Waals surface area contributed by atoms with Crippen molar-refractivity contribution in [3.05, 3.63) is 6.92 Å². The van der Waals surface area contributed by atoms with Gasteiger partial charge in [-0.1, -0.05) is 97.8 Å². The minimum Gasteiger partial charge on any atom is -1.00 e. The van der Waals surface area contributed by atoms with Crippen LogP contribution >= 0.6 is 0 Å². The van der Waals surface area contributed by atoms with Crippen molar-refractivity contribution in [1.29, 1.82) is 0 Å². The summed E-state index contributed by atoms with van der Waals surface area (Å²) in [5.74, 6) is 1.80. The van der Waals surface area contributed by atoms with Gasteiger partial charge in [0, 0.05) is 0 Å². The van der Waals surface area contributed by atoms with Crippen molar-refractivity contribution >= 4 is 23.1 Å². The van der Waals surface area contributed by atoms with Gasteiger partial charge >= 0.3 is 23.1 Å². The van der Waals surface area contributed by atoms with Crippen molar-refractivity contribution in [2.75, 3.05) is 0 Å². The van der Waals surface area contributed by atoms with E-state index in [1.165, 1.54) is 83.5 Å². The Labute approximate surface area is 175 Å². The second-order valence-electron chi connectivity index (χ2n) is 7.06. The fourth-order valence-electron chi connectivity index (χ4n) is 3.25. The monoisotopic (exact) mass is 432 g/mol. The van der Waals surface area contributed by atoms with Gasteiger partial charge in [-0.05, 0) is 18.3 Å². The average molecular weight is 433 g/mol. The molecule has 0 aliphatic rings. The second kappa shape index (κ2) is 22.5. The van der Waals surface area contributed by atoms with Crippen LogP contribution in [-0.4, -0.2) is 23.1 Å². The van der Waals surface area contributed by atoms with Crippen LogP contribution < -0.4 is 24.0 Å². The molecule has 0 nitrogen and oxygen atoms in total. The predicted molar refractivity (Wildman–Crippen MR) is 99.8 cm³/mol. The van der Waals surface area contributed by atoms with Gasteiger partial charge in [0.05, 0.1) is 0 Å². The molecule has 0 amide bonds. The summed E-state index contributed by atoms with van der Waals surface area (Å²) < 4.78 is 0. The zero-order chi connectivity index (χ0) is 15.1. The van der Waals surface area contributed by atoms with Gasteiger partial charge in [-0.25, -0.2) is 0 Å². The van der Waals surface area contributed by atoms with E-state index < -0.39 is 0 Å². The van der Waals surface area contributed by atoms with E-state index in [0.29, 0.717) is 0 Å². The zero-order valence-electron chi connectivity index (χ0n) is 15.8. The second-order valence-corrected chi connectivity index (χ2v) is 7.06. The molecule has 0 heterocycles. The van der Waals surface area contributed by atoms with Crippen molar-refractivity contribution < 1.29 is 24.0 Å². The maximum atomic E-state index is 3.96. The van der Waals surface area contributed by atoms with Crippen molar-refractivity contribution in [3.63, 3.8) is 0 Å². The first-order valence-corrected chi connectivity index (χ1v) is 9.49. The summed E-state index contributed by atoms with van der Waals surface area (Å²) in [6.45, 7) is 11.1. The van der Waals surface area contributed by atoms with Crippen LogP contribution in [0.5, 0.6) is 0 Å². The Hall–Kier alpha value is 1.50. The average Bonchev–Trinajstić information content (AvgIpc) is 2.41. The third-order valence-corrected chi connectivity index (χ3v) is 4.55. The number of rotatable bonds is 15. The number of hydrogen-bond donors (Lipinski definition) is 0. The Kier molecular flexibility index (Phi) is 28.9. The first-order chi connectivity index (χ1) is 9.70. The molecule has 0 aliphatic carbocycles. The zero-order valence-corrected chi connectivity index (χ0v) is 19.4. The van der Waals surface area contributed by atoms with Crippen LogP contribution in [0.2, 0.25) is 0 Å². The molecule has 0 radical (unpaired) electrons. The summed E-state index contributed by atoms with van der Waals surface area (Å²) in [6.07, 6.45) is 19.8. The fourth-order valence-corrected chi connectivity index (χ4v) is 3.25. The molecule has 2 heteroatoms. The Morgan fingerprint density at radius 1 is 0.682 bits per heavy atom. The van der Waals surface area contributed by atoms with Gasteiger partial charge in [-0.15, -0.1) is 0 Å². The Bertz CT molecular complexity index is 185. The van der Waals surface area contributed by atoms with Crippen LogP contribution in [-0.2, 0) is 0 Å². The molecule has 0 saturated carbocycles. The molecule has 0 aromatic carbocycles. The van der Waals surface area contributed by atoms with E-state index in [9.17, 15) is 0 Å². The molecule has 0 bridgehead atoms. The summed E-state index contributed by atoms with van der Waals surface area (Å²) in [4.78, 5) is 0. The molecule has 0 aromatic heterocycles. The molecule has 0 rings (SSSR count). The summed E-state index contributed by atoms with van der Waals surface area (Å²) in [7, 11) is 0. The molecule has 22 heavy (non-hydrogen) atoms. The van der Waals surface area contributed by atoms with Gasteiger partial charge in [0.1, 0.15) is 0 Å². The Balaban J connectivity index is -0.00000180. The molecule has 0 spiro atoms. The van der Waals surface area contributed by atoms with E-state index in [1.54, 1.807) is 0 Å². The van der Waals surface area contributed by atoms with Crippen LogP contribution in [0.15, 0.2) is 0 Å². The maximum Gasteiger partial charge on any atom is 2.00 e. The van der Waals surface area contributed by atoms with E-state index in [1.807, 2.05) is 0 Å². The third-order valence-electron chi connectivity index (χ3n) is 4.55. The molecule has 2 unspecified atom stereocenters. The third kappa shape index (κ3) is 21.5. The normalized spacial score (nSPS) is 13.1. The van der Waals surface area contributed by atoms with Gasteiger partial charge in [-0.3, -0.25) is 0 Å². The summed E-state index contributed by atoms with van der Waals surface area (Å²) >= 11 is 0. The SMILES string of the molecule is [CH2-]CCC(C)CC(C)CCCCCCCCCCCC.[I-].[Mg+2]. The predicted octanol–water partition coefficient (Wildman–Crippen LogP) is 4.20. The quantitative estimate of drug-likeness (QED) is 0.157. The number of unbranched alkanes of at least 4 members (excludes halogenated alkanes) is 9. The Morgan fingerprint density at radius 2 is 1.09 bits per heavy atom. The number of hydrogen-bond acceptors (Lipinski definition) is 0. The summed E-state index contributed by atoms with van der Waals surface area (Å²) in [6, 6.07) is 0. The first kappa shape index (κ1) is 28.3. The smallest absolute Gasteiger partial charge is 1.00 e. The Morgan fingerprint density at radius 3 is 1.55 bits per heavy atom. The number of halogens is 1. The van der Waals surface area contributed by atoms with E-state index in [0.717, 1.165) is 18.3 Å². The van der Waals surface area contributed by atoms with E-state index in [4.69, 9.17) is 0 Å². The summed E-state index contributed by atoms with van der Waals surface area (Å²) in [5.41, 5.74) is 0. The minimum atomic E-state index is 0.